The standard InChI is InChI=1S/C44H58N4O10/c1-6-30-26(2)35-23-39-33(25-50)28(4)34(46-39)22-36-27(3)31(43(47-36)32-21-40(51)42-29(5)37(48-44(32)42)24-38(30)45-35)7-8-41(52)58-20-19-57-18-17-56-16-15-55-14-13-54-12-11-53-10-9-49/h22-24,27,31,47,49-51H,6-21,25H2,1-5H3/t27-,31-/m0/s1. The number of hydrogen-bond acceptors (Lipinski definition) is 14. The average Bonchev–Trinajstić information content (AvgIpc) is 3.97. The van der Waals surface area contributed by atoms with Crippen molar-refractivity contribution in [3.05, 3.63) is 91.5 Å². The average molecular weight is 803 g/mol. The van der Waals surface area contributed by atoms with Gasteiger partial charge in [-0.3, -0.25) is 4.79 Å². The fourth-order valence-electron chi connectivity index (χ4n) is 7.96. The Morgan fingerprint density at radius 3 is 1.93 bits per heavy atom. The second kappa shape index (κ2) is 20.6. The number of carbonyl (C=O) groups is 1. The van der Waals surface area contributed by atoms with Crippen molar-refractivity contribution in [3.8, 4) is 0 Å². The molecule has 4 N–H and O–H groups in total. The number of ether oxygens (including phenoxy) is 6. The molecule has 1 saturated heterocycles. The van der Waals surface area contributed by atoms with Gasteiger partial charge in [-0.2, -0.15) is 0 Å². The van der Waals surface area contributed by atoms with E-state index in [-0.39, 0.29) is 56.4 Å². The number of hydrogen-bond donors (Lipinski definition) is 4. The van der Waals surface area contributed by atoms with E-state index in [9.17, 15) is 15.0 Å². The molecule has 58 heavy (non-hydrogen) atoms. The molecular weight excluding hydrogens is 745 g/mol. The van der Waals surface area contributed by atoms with E-state index >= 15 is 0 Å². The summed E-state index contributed by atoms with van der Waals surface area (Å²) in [5.74, 6) is -0.121. The van der Waals surface area contributed by atoms with Crippen LogP contribution in [0.2, 0.25) is 0 Å². The Bertz CT molecular complexity index is 1960. The van der Waals surface area contributed by atoms with Crippen molar-refractivity contribution in [2.24, 2.45) is 26.8 Å². The Labute approximate surface area is 340 Å². The summed E-state index contributed by atoms with van der Waals surface area (Å²) >= 11 is 0. The largest absolute Gasteiger partial charge is 0.511 e. The topological polar surface area (TPSA) is 182 Å². The van der Waals surface area contributed by atoms with Gasteiger partial charge in [0.1, 0.15) is 12.4 Å². The first-order valence-corrected chi connectivity index (χ1v) is 20.4. The van der Waals surface area contributed by atoms with Crippen molar-refractivity contribution in [3.63, 3.8) is 0 Å². The minimum atomic E-state index is -0.309. The van der Waals surface area contributed by atoms with Gasteiger partial charge in [0.25, 0.3) is 0 Å². The van der Waals surface area contributed by atoms with Crippen LogP contribution in [-0.2, 0) is 33.2 Å². The van der Waals surface area contributed by atoms with E-state index in [4.69, 9.17) is 48.5 Å². The minimum absolute atomic E-state index is 0.00227. The van der Waals surface area contributed by atoms with Crippen LogP contribution in [0.4, 0.5) is 0 Å². The van der Waals surface area contributed by atoms with E-state index in [0.29, 0.717) is 78.0 Å². The number of aliphatic hydroxyl groups excluding tert-OH is 3. The van der Waals surface area contributed by atoms with Crippen LogP contribution in [-0.4, -0.2) is 124 Å². The maximum atomic E-state index is 13.0. The second-order valence-electron chi connectivity index (χ2n) is 14.8. The van der Waals surface area contributed by atoms with Crippen LogP contribution in [0, 0.1) is 11.8 Å². The summed E-state index contributed by atoms with van der Waals surface area (Å²) < 4.78 is 32.6. The van der Waals surface area contributed by atoms with Crippen molar-refractivity contribution in [1.82, 2.24) is 5.32 Å². The molecular formula is C44H58N4O10. The molecule has 2 atom stereocenters. The lowest BCUT2D eigenvalue weighted by Gasteiger charge is -2.17. The molecule has 0 aromatic carbocycles. The highest BCUT2D eigenvalue weighted by Gasteiger charge is 2.41. The normalized spacial score (nSPS) is 21.2. The molecule has 6 aliphatic rings. The lowest BCUT2D eigenvalue weighted by molar-refractivity contribution is -0.145. The van der Waals surface area contributed by atoms with Gasteiger partial charge in [-0.15, -0.1) is 0 Å². The summed E-state index contributed by atoms with van der Waals surface area (Å²) in [5.41, 5.74) is 13.0. The van der Waals surface area contributed by atoms with Crippen molar-refractivity contribution in [2.45, 2.75) is 60.3 Å². The number of aliphatic hydroxyl groups is 3. The number of carbonyl (C=O) groups excluding carboxylic acids is 1. The molecule has 8 bridgehead atoms. The first kappa shape index (κ1) is 43.3. The SMILES string of the molecule is CCC1=C(C)C2=NC1=CC1=C(C)C3=C(O)CC(=C4NC(=CC5=NC(=C2)C(CO)=C5C)[C@@H](C)[C@@H]4CCC(=O)OCCOCCOCCOCCOCCOCCO)C3=N1. The van der Waals surface area contributed by atoms with E-state index in [1.54, 1.807) is 0 Å². The number of nitrogens with zero attached hydrogens (tertiary/aromatic N) is 3. The molecule has 0 amide bonds. The van der Waals surface area contributed by atoms with Gasteiger partial charge in [0.15, 0.2) is 0 Å². The van der Waals surface area contributed by atoms with Crippen LogP contribution in [0.25, 0.3) is 0 Å². The molecule has 0 aromatic heterocycles. The lowest BCUT2D eigenvalue weighted by Crippen LogP contribution is -2.17. The molecule has 1 fully saturated rings. The molecule has 0 radical (unpaired) electrons. The molecule has 0 spiro atoms. The van der Waals surface area contributed by atoms with Gasteiger partial charge < -0.3 is 49.1 Å². The molecule has 0 saturated carbocycles. The van der Waals surface area contributed by atoms with E-state index in [1.165, 1.54) is 0 Å². The third kappa shape index (κ3) is 9.94. The van der Waals surface area contributed by atoms with Gasteiger partial charge in [0.05, 0.1) is 114 Å². The lowest BCUT2D eigenvalue weighted by atomic mass is 9.86. The summed E-state index contributed by atoms with van der Waals surface area (Å²) in [7, 11) is 0. The van der Waals surface area contributed by atoms with Crippen LogP contribution < -0.4 is 5.32 Å². The van der Waals surface area contributed by atoms with Crippen molar-refractivity contribution in [2.75, 3.05) is 85.9 Å². The predicted molar refractivity (Wildman–Crippen MR) is 220 cm³/mol. The predicted octanol–water partition coefficient (Wildman–Crippen LogP) is 5.05. The fourth-order valence-corrected chi connectivity index (χ4v) is 7.96. The molecule has 314 valence electrons. The first-order valence-electron chi connectivity index (χ1n) is 20.4. The zero-order valence-corrected chi connectivity index (χ0v) is 34.4. The van der Waals surface area contributed by atoms with Gasteiger partial charge in [-0.05, 0) is 74.1 Å². The summed E-state index contributed by atoms with van der Waals surface area (Å²) in [6.45, 7) is 14.3. The van der Waals surface area contributed by atoms with Gasteiger partial charge in [0.2, 0.25) is 0 Å². The maximum Gasteiger partial charge on any atom is 0.305 e. The van der Waals surface area contributed by atoms with Gasteiger partial charge in [-0.1, -0.05) is 13.8 Å². The van der Waals surface area contributed by atoms with Crippen molar-refractivity contribution < 1.29 is 48.5 Å². The summed E-state index contributed by atoms with van der Waals surface area (Å²) in [6.07, 6.45) is 7.87. The van der Waals surface area contributed by atoms with E-state index in [2.05, 4.69) is 26.1 Å². The maximum absolute atomic E-state index is 13.0. The third-order valence-corrected chi connectivity index (χ3v) is 11.2. The summed E-state index contributed by atoms with van der Waals surface area (Å²) in [5, 5.41) is 34.2. The molecule has 14 heteroatoms. The van der Waals surface area contributed by atoms with Crippen LogP contribution >= 0.6 is 0 Å². The quantitative estimate of drug-likeness (QED) is 0.0850. The number of rotatable bonds is 22. The zero-order chi connectivity index (χ0) is 41.2. The number of esters is 1. The molecule has 14 nitrogen and oxygen atoms in total. The highest BCUT2D eigenvalue weighted by atomic mass is 16.6. The van der Waals surface area contributed by atoms with Crippen LogP contribution in [0.5, 0.6) is 0 Å². The molecule has 5 heterocycles. The van der Waals surface area contributed by atoms with Crippen LogP contribution in [0.1, 0.15) is 60.3 Å². The second-order valence-corrected chi connectivity index (χ2v) is 14.8. The highest BCUT2D eigenvalue weighted by molar-refractivity contribution is 6.21. The number of aliphatic imine (C=N–C) groups is 3. The number of nitrogens with one attached hydrogen (secondary N) is 1. The Balaban J connectivity index is 1.06. The van der Waals surface area contributed by atoms with E-state index in [0.717, 1.165) is 85.4 Å². The smallest absolute Gasteiger partial charge is 0.305 e. The van der Waals surface area contributed by atoms with Gasteiger partial charge >= 0.3 is 5.97 Å². The van der Waals surface area contributed by atoms with E-state index < -0.39 is 0 Å². The van der Waals surface area contributed by atoms with Crippen LogP contribution in [0.15, 0.2) is 106 Å². The van der Waals surface area contributed by atoms with Crippen molar-refractivity contribution >= 4 is 23.1 Å². The Hall–Kier alpha value is -4.28. The molecule has 5 aliphatic heterocycles. The molecule has 1 aliphatic carbocycles. The van der Waals surface area contributed by atoms with Crippen molar-refractivity contribution in [1.29, 1.82) is 0 Å². The van der Waals surface area contributed by atoms with Crippen LogP contribution in [0.3, 0.4) is 0 Å². The van der Waals surface area contributed by atoms with Gasteiger partial charge in [-0.25, -0.2) is 15.0 Å². The monoisotopic (exact) mass is 802 g/mol. The third-order valence-electron chi connectivity index (χ3n) is 11.2. The first-order chi connectivity index (χ1) is 28.2. The fraction of sp³-hybridized carbons (Fsp3) is 0.545. The highest BCUT2D eigenvalue weighted by Crippen LogP contribution is 2.46. The van der Waals surface area contributed by atoms with E-state index in [1.807, 2.05) is 32.1 Å². The molecule has 6 rings (SSSR count). The minimum Gasteiger partial charge on any atom is -0.511 e. The van der Waals surface area contributed by atoms with Gasteiger partial charge in [0, 0.05) is 52.8 Å². The molecule has 0 unspecified atom stereocenters. The Morgan fingerprint density at radius 2 is 1.33 bits per heavy atom. The number of fused-ring (bicyclic) bond motifs is 5. The summed E-state index contributed by atoms with van der Waals surface area (Å²) in [4.78, 5) is 28.2. The number of allylic oxidation sites excluding steroid dienone is 11. The Kier molecular flexibility index (Phi) is 15.4. The Morgan fingerprint density at radius 1 is 0.759 bits per heavy atom. The molecule has 0 aromatic rings. The summed E-state index contributed by atoms with van der Waals surface area (Å²) in [6, 6.07) is 0. The zero-order valence-electron chi connectivity index (χ0n) is 34.4.